The summed E-state index contributed by atoms with van der Waals surface area (Å²) in [5.41, 5.74) is 1.28. The zero-order valence-corrected chi connectivity index (χ0v) is 9.86. The lowest BCUT2D eigenvalue weighted by Crippen LogP contribution is -2.08. The maximum absolute atomic E-state index is 10.0. The lowest BCUT2D eigenvalue weighted by Gasteiger charge is -2.00. The molecular weight excluding hydrogens is 216 g/mol. The summed E-state index contributed by atoms with van der Waals surface area (Å²) in [5, 5.41) is 0. The number of aryl methyl sites for hydroxylation is 1. The van der Waals surface area contributed by atoms with Crippen molar-refractivity contribution in [2.75, 3.05) is 5.75 Å². The van der Waals surface area contributed by atoms with E-state index in [1.165, 1.54) is 5.56 Å². The van der Waals surface area contributed by atoms with E-state index in [0.29, 0.717) is 0 Å². The third kappa shape index (κ3) is 3.12. The SMILES string of the molecule is O[S+](CCc1ccccc1)c1ccccc1. The second-order valence-electron chi connectivity index (χ2n) is 3.62. The van der Waals surface area contributed by atoms with Crippen LogP contribution < -0.4 is 0 Å². The molecule has 0 amide bonds. The molecule has 0 saturated carbocycles. The molecule has 82 valence electrons. The second kappa shape index (κ2) is 5.73. The summed E-state index contributed by atoms with van der Waals surface area (Å²) in [7, 11) is 0. The summed E-state index contributed by atoms with van der Waals surface area (Å²) in [5.74, 6) is 0.800. The largest absolute Gasteiger partial charge is 0.189 e. The topological polar surface area (TPSA) is 20.2 Å². The zero-order chi connectivity index (χ0) is 11.2. The summed E-state index contributed by atoms with van der Waals surface area (Å²) in [6.07, 6.45) is 0.926. The first kappa shape index (κ1) is 11.2. The van der Waals surface area contributed by atoms with Crippen LogP contribution in [0.15, 0.2) is 65.6 Å². The van der Waals surface area contributed by atoms with Crippen LogP contribution >= 0.6 is 0 Å². The molecule has 0 saturated heterocycles. The van der Waals surface area contributed by atoms with Gasteiger partial charge in [0.05, 0.1) is 0 Å². The van der Waals surface area contributed by atoms with E-state index in [1.54, 1.807) is 0 Å². The Kier molecular flexibility index (Phi) is 4.03. The first-order chi connectivity index (χ1) is 7.86. The molecule has 0 radical (unpaired) electrons. The Balaban J connectivity index is 1.92. The van der Waals surface area contributed by atoms with Gasteiger partial charge in [0.25, 0.3) is 0 Å². The molecule has 2 heteroatoms. The normalized spacial score (nSPS) is 12.3. The molecule has 16 heavy (non-hydrogen) atoms. The minimum Gasteiger partial charge on any atom is -0.181 e. The van der Waals surface area contributed by atoms with Gasteiger partial charge in [-0.15, -0.1) is 0 Å². The molecule has 2 rings (SSSR count). The third-order valence-corrected chi connectivity index (χ3v) is 3.85. The van der Waals surface area contributed by atoms with E-state index in [0.717, 1.165) is 17.1 Å². The zero-order valence-electron chi connectivity index (χ0n) is 9.04. The Morgan fingerprint density at radius 1 is 0.812 bits per heavy atom. The molecule has 0 fully saturated rings. The van der Waals surface area contributed by atoms with Crippen molar-refractivity contribution in [1.82, 2.24) is 0 Å². The molecule has 0 aliphatic heterocycles. The van der Waals surface area contributed by atoms with Gasteiger partial charge < -0.3 is 0 Å². The van der Waals surface area contributed by atoms with Gasteiger partial charge in [-0.3, -0.25) is 0 Å². The van der Waals surface area contributed by atoms with E-state index in [9.17, 15) is 4.55 Å². The maximum Gasteiger partial charge on any atom is 0.189 e. The van der Waals surface area contributed by atoms with Crippen molar-refractivity contribution in [2.45, 2.75) is 11.3 Å². The fourth-order valence-electron chi connectivity index (χ4n) is 1.55. The first-order valence-corrected chi connectivity index (χ1v) is 6.70. The molecule has 0 aliphatic carbocycles. The Labute approximate surface area is 99.3 Å². The number of hydrogen-bond donors (Lipinski definition) is 1. The van der Waals surface area contributed by atoms with Crippen LogP contribution in [0.4, 0.5) is 0 Å². The van der Waals surface area contributed by atoms with E-state index in [4.69, 9.17) is 0 Å². The highest BCUT2D eigenvalue weighted by atomic mass is 32.2. The lowest BCUT2D eigenvalue weighted by atomic mass is 10.2. The summed E-state index contributed by atoms with van der Waals surface area (Å²) in [4.78, 5) is 1.03. The molecule has 0 bridgehead atoms. The van der Waals surface area contributed by atoms with Crippen LogP contribution in [-0.2, 0) is 17.6 Å². The van der Waals surface area contributed by atoms with Crippen LogP contribution in [0.3, 0.4) is 0 Å². The fraction of sp³-hybridized carbons (Fsp3) is 0.143. The molecule has 1 N–H and O–H groups in total. The van der Waals surface area contributed by atoms with Crippen molar-refractivity contribution < 1.29 is 4.55 Å². The highest BCUT2D eigenvalue weighted by Crippen LogP contribution is 2.12. The van der Waals surface area contributed by atoms with E-state index in [1.807, 2.05) is 48.5 Å². The van der Waals surface area contributed by atoms with Crippen molar-refractivity contribution in [2.24, 2.45) is 0 Å². The van der Waals surface area contributed by atoms with Gasteiger partial charge in [-0.2, -0.15) is 4.55 Å². The van der Waals surface area contributed by atoms with Crippen molar-refractivity contribution in [1.29, 1.82) is 0 Å². The van der Waals surface area contributed by atoms with Gasteiger partial charge in [0.1, 0.15) is 0 Å². The Morgan fingerprint density at radius 3 is 2.00 bits per heavy atom. The third-order valence-electron chi connectivity index (χ3n) is 2.44. The molecule has 1 unspecified atom stereocenters. The smallest absolute Gasteiger partial charge is 0.181 e. The summed E-state index contributed by atoms with van der Waals surface area (Å²) < 4.78 is 10.0. The van der Waals surface area contributed by atoms with Crippen LogP contribution in [0, 0.1) is 0 Å². The Morgan fingerprint density at radius 2 is 1.38 bits per heavy atom. The first-order valence-electron chi connectivity index (χ1n) is 5.35. The fourth-order valence-corrected chi connectivity index (χ4v) is 2.69. The van der Waals surface area contributed by atoms with Crippen molar-refractivity contribution in [3.63, 3.8) is 0 Å². The predicted octanol–water partition coefficient (Wildman–Crippen LogP) is 3.38. The van der Waals surface area contributed by atoms with Crippen LogP contribution in [0.5, 0.6) is 0 Å². The van der Waals surface area contributed by atoms with Crippen molar-refractivity contribution in [3.8, 4) is 0 Å². The van der Waals surface area contributed by atoms with E-state index >= 15 is 0 Å². The maximum atomic E-state index is 10.0. The van der Waals surface area contributed by atoms with Gasteiger partial charge >= 0.3 is 0 Å². The van der Waals surface area contributed by atoms with Crippen LogP contribution in [0.25, 0.3) is 0 Å². The van der Waals surface area contributed by atoms with Crippen LogP contribution in [0.2, 0.25) is 0 Å². The Hall–Kier alpha value is -1.25. The van der Waals surface area contributed by atoms with Gasteiger partial charge in [0.2, 0.25) is 0 Å². The molecule has 1 atom stereocenters. The number of rotatable bonds is 4. The second-order valence-corrected chi connectivity index (χ2v) is 5.23. The molecule has 0 spiro atoms. The van der Waals surface area contributed by atoms with Crippen molar-refractivity contribution in [3.05, 3.63) is 66.2 Å². The minimum atomic E-state index is -0.634. The highest BCUT2D eigenvalue weighted by Gasteiger charge is 2.18. The Bertz CT molecular complexity index is 413. The molecule has 2 aromatic carbocycles. The highest BCUT2D eigenvalue weighted by molar-refractivity contribution is 7.91. The summed E-state index contributed by atoms with van der Waals surface area (Å²) >= 11 is -0.634. The minimum absolute atomic E-state index is 0.634. The summed E-state index contributed by atoms with van der Waals surface area (Å²) in [6.45, 7) is 0. The quantitative estimate of drug-likeness (QED) is 0.800. The van der Waals surface area contributed by atoms with E-state index < -0.39 is 11.2 Å². The molecule has 2 aromatic rings. The van der Waals surface area contributed by atoms with Gasteiger partial charge in [-0.05, 0) is 17.7 Å². The van der Waals surface area contributed by atoms with Crippen LogP contribution in [0.1, 0.15) is 5.56 Å². The van der Waals surface area contributed by atoms with E-state index in [-0.39, 0.29) is 0 Å². The monoisotopic (exact) mass is 231 g/mol. The average Bonchev–Trinajstić information content (AvgIpc) is 2.38. The van der Waals surface area contributed by atoms with Gasteiger partial charge in [-0.1, -0.05) is 48.5 Å². The standard InChI is InChI=1S/C14H15OS/c15-16(14-9-5-2-6-10-14)12-11-13-7-3-1-4-8-13/h1-10,15H,11-12H2/q+1. The molecule has 0 heterocycles. The molecule has 1 nitrogen and oxygen atoms in total. The summed E-state index contributed by atoms with van der Waals surface area (Å²) in [6, 6.07) is 20.1. The molecule has 0 aromatic heterocycles. The number of benzene rings is 2. The molecular formula is C14H15OS+. The predicted molar refractivity (Wildman–Crippen MR) is 69.7 cm³/mol. The number of hydrogen-bond acceptors (Lipinski definition) is 1. The van der Waals surface area contributed by atoms with Crippen LogP contribution in [-0.4, -0.2) is 10.3 Å². The van der Waals surface area contributed by atoms with Gasteiger partial charge in [-0.25, -0.2) is 0 Å². The lowest BCUT2D eigenvalue weighted by molar-refractivity contribution is 0.637. The van der Waals surface area contributed by atoms with E-state index in [2.05, 4.69) is 12.1 Å². The average molecular weight is 231 g/mol. The van der Waals surface area contributed by atoms with Gasteiger partial charge in [0, 0.05) is 6.42 Å². The van der Waals surface area contributed by atoms with Gasteiger partial charge in [0.15, 0.2) is 21.8 Å². The molecule has 0 aliphatic rings. The van der Waals surface area contributed by atoms with Crippen molar-refractivity contribution >= 4 is 11.2 Å².